The summed E-state index contributed by atoms with van der Waals surface area (Å²) in [5.74, 6) is -0.0854. The van der Waals surface area contributed by atoms with E-state index in [1.54, 1.807) is 6.92 Å². The molecule has 3 amide bonds. The second-order valence-corrected chi connectivity index (χ2v) is 9.44. The smallest absolute Gasteiger partial charge is 0.346 e. The highest BCUT2D eigenvalue weighted by molar-refractivity contribution is 6.07. The first-order valence-electron chi connectivity index (χ1n) is 9.29. The van der Waals surface area contributed by atoms with Gasteiger partial charge in [0.2, 0.25) is 0 Å². The maximum absolute atomic E-state index is 12.5. The van der Waals surface area contributed by atoms with Gasteiger partial charge in [0.15, 0.2) is 0 Å². The van der Waals surface area contributed by atoms with E-state index in [1.165, 1.54) is 6.21 Å². The summed E-state index contributed by atoms with van der Waals surface area (Å²) in [6, 6.07) is 3.18. The Morgan fingerprint density at radius 1 is 1.11 bits per heavy atom. The van der Waals surface area contributed by atoms with Gasteiger partial charge in [0, 0.05) is 11.1 Å². The summed E-state index contributed by atoms with van der Waals surface area (Å²) in [5.41, 5.74) is 0.869. The first kappa shape index (κ1) is 20.9. The molecule has 2 rings (SSSR count). The minimum absolute atomic E-state index is 0.268. The zero-order valence-electron chi connectivity index (χ0n) is 17.6. The van der Waals surface area contributed by atoms with Crippen LogP contribution in [0.2, 0.25) is 0 Å². The van der Waals surface area contributed by atoms with Crippen molar-refractivity contribution < 1.29 is 14.7 Å². The minimum atomic E-state index is -0.920. The number of imide groups is 1. The van der Waals surface area contributed by atoms with Crippen molar-refractivity contribution >= 4 is 18.2 Å². The topological polar surface area (TPSA) is 82.0 Å². The van der Waals surface area contributed by atoms with Crippen molar-refractivity contribution in [3.05, 3.63) is 28.8 Å². The molecule has 1 atom stereocenters. The van der Waals surface area contributed by atoms with Crippen molar-refractivity contribution in [2.75, 3.05) is 0 Å². The molecule has 1 aliphatic heterocycles. The Morgan fingerprint density at radius 2 is 1.59 bits per heavy atom. The van der Waals surface area contributed by atoms with E-state index in [0.29, 0.717) is 6.42 Å². The SMILES string of the molecule is CC[C@]1(C)NC(=O)N(/N=C/c2cc(C(C)(C)C)c(O)c(C(C)(C)C)c2)C1=O. The highest BCUT2D eigenvalue weighted by atomic mass is 16.3. The van der Waals surface area contributed by atoms with E-state index in [1.807, 2.05) is 60.6 Å². The van der Waals surface area contributed by atoms with Crippen LogP contribution in [0.25, 0.3) is 0 Å². The number of urea groups is 1. The summed E-state index contributed by atoms with van der Waals surface area (Å²) in [7, 11) is 0. The third kappa shape index (κ3) is 3.99. The van der Waals surface area contributed by atoms with Crippen molar-refractivity contribution in [2.45, 2.75) is 78.2 Å². The average Bonchev–Trinajstić information content (AvgIpc) is 2.74. The first-order chi connectivity index (χ1) is 12.2. The number of amides is 3. The van der Waals surface area contributed by atoms with Crippen LogP contribution in [-0.4, -0.2) is 33.8 Å². The fourth-order valence-electron chi connectivity index (χ4n) is 3.01. The lowest BCUT2D eigenvalue weighted by molar-refractivity contribution is -0.130. The van der Waals surface area contributed by atoms with E-state index in [0.717, 1.165) is 21.7 Å². The Morgan fingerprint density at radius 3 is 1.96 bits per heavy atom. The molecule has 1 fully saturated rings. The van der Waals surface area contributed by atoms with Crippen LogP contribution < -0.4 is 5.32 Å². The third-order valence-corrected chi connectivity index (χ3v) is 5.02. The third-order valence-electron chi connectivity index (χ3n) is 5.02. The fourth-order valence-corrected chi connectivity index (χ4v) is 3.01. The number of nitrogens with zero attached hydrogens (tertiary/aromatic N) is 2. The number of rotatable bonds is 3. The molecule has 0 radical (unpaired) electrons. The summed E-state index contributed by atoms with van der Waals surface area (Å²) in [6.07, 6.45) is 1.99. The van der Waals surface area contributed by atoms with Gasteiger partial charge in [0.25, 0.3) is 5.91 Å². The average molecular weight is 373 g/mol. The molecule has 0 spiro atoms. The number of hydrogen-bond acceptors (Lipinski definition) is 4. The molecule has 0 aliphatic carbocycles. The molecule has 0 bridgehead atoms. The Hall–Kier alpha value is -2.37. The summed E-state index contributed by atoms with van der Waals surface area (Å²) in [5, 5.41) is 18.5. The zero-order chi connectivity index (χ0) is 20.8. The van der Waals surface area contributed by atoms with E-state index < -0.39 is 11.6 Å². The second-order valence-electron chi connectivity index (χ2n) is 9.44. The lowest BCUT2D eigenvalue weighted by Crippen LogP contribution is -2.42. The molecule has 27 heavy (non-hydrogen) atoms. The minimum Gasteiger partial charge on any atom is -0.507 e. The van der Waals surface area contributed by atoms with Gasteiger partial charge in [0.1, 0.15) is 11.3 Å². The van der Waals surface area contributed by atoms with Crippen molar-refractivity contribution in [3.8, 4) is 5.75 Å². The Balaban J connectivity index is 2.49. The number of aromatic hydroxyl groups is 1. The molecule has 0 saturated carbocycles. The molecule has 1 aromatic rings. The van der Waals surface area contributed by atoms with E-state index in [9.17, 15) is 14.7 Å². The summed E-state index contributed by atoms with van der Waals surface area (Å²) in [4.78, 5) is 24.6. The summed E-state index contributed by atoms with van der Waals surface area (Å²) in [6.45, 7) is 15.7. The van der Waals surface area contributed by atoms with Crippen LogP contribution >= 0.6 is 0 Å². The monoisotopic (exact) mass is 373 g/mol. The van der Waals surface area contributed by atoms with Crippen molar-refractivity contribution in [1.82, 2.24) is 10.3 Å². The first-order valence-corrected chi connectivity index (χ1v) is 9.29. The van der Waals surface area contributed by atoms with E-state index >= 15 is 0 Å². The molecule has 1 aliphatic rings. The van der Waals surface area contributed by atoms with Crippen LogP contribution in [0.1, 0.15) is 78.5 Å². The number of hydrogen-bond donors (Lipinski definition) is 2. The van der Waals surface area contributed by atoms with Crippen molar-refractivity contribution in [3.63, 3.8) is 0 Å². The molecule has 6 heteroatoms. The van der Waals surface area contributed by atoms with Crippen LogP contribution in [0.3, 0.4) is 0 Å². The van der Waals surface area contributed by atoms with Gasteiger partial charge in [-0.1, -0.05) is 48.5 Å². The maximum Gasteiger partial charge on any atom is 0.346 e. The number of benzene rings is 1. The van der Waals surface area contributed by atoms with Gasteiger partial charge >= 0.3 is 6.03 Å². The van der Waals surface area contributed by atoms with E-state index in [-0.39, 0.29) is 22.5 Å². The number of carbonyl (C=O) groups excluding carboxylic acids is 2. The number of nitrogens with one attached hydrogen (secondary N) is 1. The standard InChI is InChI=1S/C21H31N3O3/c1-9-21(8)17(26)24(18(27)23-21)22-12-13-10-14(19(2,3)4)16(25)15(11-13)20(5,6)7/h10-12,25H,9H2,1-8H3,(H,23,27)/b22-12+/t21-/m0/s1. The summed E-state index contributed by atoms with van der Waals surface area (Å²) >= 11 is 0. The molecule has 0 unspecified atom stereocenters. The van der Waals surface area contributed by atoms with E-state index in [2.05, 4.69) is 10.4 Å². The second kappa shape index (κ2) is 6.66. The number of hydrazone groups is 1. The molecule has 0 aromatic heterocycles. The quantitative estimate of drug-likeness (QED) is 0.620. The molecule has 1 heterocycles. The molecule has 1 saturated heterocycles. The molecular weight excluding hydrogens is 342 g/mol. The molecule has 148 valence electrons. The highest BCUT2D eigenvalue weighted by Crippen LogP contribution is 2.39. The lowest BCUT2D eigenvalue weighted by atomic mass is 9.78. The molecule has 6 nitrogen and oxygen atoms in total. The molecular formula is C21H31N3O3. The van der Waals surface area contributed by atoms with Crippen LogP contribution in [0, 0.1) is 0 Å². The van der Waals surface area contributed by atoms with Gasteiger partial charge in [-0.2, -0.15) is 5.10 Å². The number of phenolic OH excluding ortho intramolecular Hbond substituents is 1. The molecule has 2 N–H and O–H groups in total. The van der Waals surface area contributed by atoms with Crippen LogP contribution in [-0.2, 0) is 15.6 Å². The van der Waals surface area contributed by atoms with Gasteiger partial charge < -0.3 is 10.4 Å². The number of carbonyl (C=O) groups is 2. The Bertz CT molecular complexity index is 765. The van der Waals surface area contributed by atoms with Gasteiger partial charge in [-0.15, -0.1) is 5.01 Å². The lowest BCUT2D eigenvalue weighted by Gasteiger charge is -2.27. The molecule has 1 aromatic carbocycles. The Kier molecular flexibility index (Phi) is 5.16. The van der Waals surface area contributed by atoms with Gasteiger partial charge in [-0.3, -0.25) is 4.79 Å². The van der Waals surface area contributed by atoms with Crippen LogP contribution in [0.15, 0.2) is 17.2 Å². The highest BCUT2D eigenvalue weighted by Gasteiger charge is 2.46. The van der Waals surface area contributed by atoms with Gasteiger partial charge in [-0.05, 0) is 41.9 Å². The van der Waals surface area contributed by atoms with Crippen molar-refractivity contribution in [1.29, 1.82) is 0 Å². The predicted molar refractivity (Wildman–Crippen MR) is 107 cm³/mol. The van der Waals surface area contributed by atoms with Gasteiger partial charge in [-0.25, -0.2) is 4.79 Å². The van der Waals surface area contributed by atoms with Gasteiger partial charge in [0.05, 0.1) is 6.21 Å². The predicted octanol–water partition coefficient (Wildman–Crippen LogP) is 4.04. The number of phenols is 1. The van der Waals surface area contributed by atoms with Crippen LogP contribution in [0.5, 0.6) is 5.75 Å². The normalized spacial score (nSPS) is 21.3. The Labute approximate surface area is 161 Å². The zero-order valence-corrected chi connectivity index (χ0v) is 17.6. The van der Waals surface area contributed by atoms with Crippen LogP contribution in [0.4, 0.5) is 4.79 Å². The maximum atomic E-state index is 12.5. The largest absolute Gasteiger partial charge is 0.507 e. The van der Waals surface area contributed by atoms with Crippen molar-refractivity contribution in [2.24, 2.45) is 5.10 Å². The summed E-state index contributed by atoms with van der Waals surface area (Å²) < 4.78 is 0. The fraction of sp³-hybridized carbons (Fsp3) is 0.571. The van der Waals surface area contributed by atoms with E-state index in [4.69, 9.17) is 0 Å².